The Bertz CT molecular complexity index is 1860. The molecule has 0 spiro atoms. The largest absolute Gasteiger partial charge is 0.497 e. The number of benzene rings is 3. The van der Waals surface area contributed by atoms with Gasteiger partial charge in [0.1, 0.15) is 11.6 Å². The molecule has 45 heavy (non-hydrogen) atoms. The van der Waals surface area contributed by atoms with E-state index in [1.807, 2.05) is 77.5 Å². The van der Waals surface area contributed by atoms with E-state index in [2.05, 4.69) is 15.5 Å². The number of hydrogen-bond donors (Lipinski definition) is 1. The van der Waals surface area contributed by atoms with E-state index in [9.17, 15) is 14.0 Å². The lowest BCUT2D eigenvalue weighted by Gasteiger charge is -2.22. The summed E-state index contributed by atoms with van der Waals surface area (Å²) in [7, 11) is 1.62. The number of aryl methyl sites for hydroxylation is 1. The van der Waals surface area contributed by atoms with E-state index in [-0.39, 0.29) is 29.8 Å². The molecule has 5 aromatic rings. The summed E-state index contributed by atoms with van der Waals surface area (Å²) in [5.74, 6) is 0.169. The number of carbonyl (C=O) groups is 2. The standard InChI is InChI=1S/C33H29FN6O3S2/c1-21-6-3-9-25(16-21)39-30(19-35-32(42)23-7-4-8-24(34)17-23)36-37-33(39)45-20-31(41)40-28(22-11-13-26(43-2)14-12-22)18-27(38-40)29-10-5-15-44-29/h3-17,28H,18-20H2,1-2H3,(H,35,42). The first-order valence-electron chi connectivity index (χ1n) is 14.1. The van der Waals surface area contributed by atoms with Crippen LogP contribution in [0.5, 0.6) is 5.75 Å². The van der Waals surface area contributed by atoms with E-state index in [0.29, 0.717) is 17.4 Å². The van der Waals surface area contributed by atoms with Crippen molar-refractivity contribution in [2.45, 2.75) is 31.1 Å². The van der Waals surface area contributed by atoms with Gasteiger partial charge in [-0.05, 0) is 72.0 Å². The van der Waals surface area contributed by atoms with Crippen LogP contribution in [-0.2, 0) is 11.3 Å². The third-order valence-corrected chi connectivity index (χ3v) is 9.08. The molecule has 1 atom stereocenters. The minimum absolute atomic E-state index is 0.0466. The molecule has 1 aliphatic heterocycles. The third-order valence-electron chi connectivity index (χ3n) is 7.25. The van der Waals surface area contributed by atoms with Gasteiger partial charge in [-0.2, -0.15) is 5.10 Å². The molecule has 6 rings (SSSR count). The number of aromatic nitrogens is 3. The van der Waals surface area contributed by atoms with Crippen molar-refractivity contribution in [1.29, 1.82) is 0 Å². The fourth-order valence-electron chi connectivity index (χ4n) is 5.04. The first-order chi connectivity index (χ1) is 21.9. The van der Waals surface area contributed by atoms with Crippen molar-refractivity contribution >= 4 is 40.6 Å². The number of hydrogen-bond acceptors (Lipinski definition) is 8. The molecule has 0 bridgehead atoms. The lowest BCUT2D eigenvalue weighted by Crippen LogP contribution is -2.28. The highest BCUT2D eigenvalue weighted by Crippen LogP contribution is 2.35. The maximum Gasteiger partial charge on any atom is 0.253 e. The summed E-state index contributed by atoms with van der Waals surface area (Å²) in [6, 6.07) is 24.7. The van der Waals surface area contributed by atoms with Gasteiger partial charge in [0, 0.05) is 17.7 Å². The SMILES string of the molecule is COc1ccc(C2CC(c3cccs3)=NN2C(=O)CSc2nnc(CNC(=O)c3cccc(F)c3)n2-c2cccc(C)c2)cc1. The summed E-state index contributed by atoms with van der Waals surface area (Å²) in [6.07, 6.45) is 0.595. The van der Waals surface area contributed by atoms with Gasteiger partial charge in [-0.1, -0.05) is 48.2 Å². The second-order valence-electron chi connectivity index (χ2n) is 10.3. The molecule has 2 amide bonds. The molecule has 3 aromatic carbocycles. The van der Waals surface area contributed by atoms with Crippen molar-refractivity contribution in [1.82, 2.24) is 25.1 Å². The van der Waals surface area contributed by atoms with Crippen molar-refractivity contribution < 1.29 is 18.7 Å². The molecule has 0 saturated heterocycles. The van der Waals surface area contributed by atoms with Crippen LogP contribution in [0.2, 0.25) is 0 Å². The molecule has 1 aliphatic rings. The minimum atomic E-state index is -0.493. The Morgan fingerprint density at radius 1 is 1.04 bits per heavy atom. The fourth-order valence-corrected chi connectivity index (χ4v) is 6.58. The van der Waals surface area contributed by atoms with Crippen molar-refractivity contribution in [2.24, 2.45) is 5.10 Å². The molecule has 0 aliphatic carbocycles. The van der Waals surface area contributed by atoms with Crippen molar-refractivity contribution in [2.75, 3.05) is 12.9 Å². The van der Waals surface area contributed by atoms with Crippen LogP contribution in [0, 0.1) is 12.7 Å². The van der Waals surface area contributed by atoms with Crippen molar-refractivity contribution in [3.05, 3.63) is 124 Å². The number of halogens is 1. The third kappa shape index (κ3) is 6.81. The van der Waals surface area contributed by atoms with Crippen LogP contribution in [-0.4, -0.2) is 50.2 Å². The van der Waals surface area contributed by atoms with Crippen molar-refractivity contribution in [3.63, 3.8) is 0 Å². The van der Waals surface area contributed by atoms with Crippen LogP contribution in [0.15, 0.2) is 101 Å². The summed E-state index contributed by atoms with van der Waals surface area (Å²) in [6.45, 7) is 2.02. The van der Waals surface area contributed by atoms with E-state index in [1.165, 1.54) is 30.0 Å². The van der Waals surface area contributed by atoms with Crippen LogP contribution in [0.25, 0.3) is 5.69 Å². The summed E-state index contributed by atoms with van der Waals surface area (Å²) in [4.78, 5) is 27.5. The zero-order valence-corrected chi connectivity index (χ0v) is 26.1. The van der Waals surface area contributed by atoms with E-state index in [4.69, 9.17) is 9.84 Å². The Kier molecular flexibility index (Phi) is 9.03. The molecule has 3 heterocycles. The average Bonchev–Trinajstić information content (AvgIpc) is 3.83. The molecule has 1 N–H and O–H groups in total. The van der Waals surface area contributed by atoms with Crippen molar-refractivity contribution in [3.8, 4) is 11.4 Å². The van der Waals surface area contributed by atoms with E-state index in [1.54, 1.807) is 29.5 Å². The van der Waals surface area contributed by atoms with Gasteiger partial charge in [0.2, 0.25) is 0 Å². The molecule has 228 valence electrons. The molecule has 0 radical (unpaired) electrons. The summed E-state index contributed by atoms with van der Waals surface area (Å²) in [5, 5.41) is 20.4. The molecule has 12 heteroatoms. The van der Waals surface area contributed by atoms with Gasteiger partial charge in [-0.3, -0.25) is 14.2 Å². The van der Waals surface area contributed by atoms with Gasteiger partial charge in [-0.15, -0.1) is 21.5 Å². The van der Waals surface area contributed by atoms with Gasteiger partial charge < -0.3 is 10.1 Å². The molecule has 1 unspecified atom stereocenters. The highest BCUT2D eigenvalue weighted by Gasteiger charge is 2.33. The lowest BCUT2D eigenvalue weighted by atomic mass is 10.0. The Balaban J connectivity index is 1.24. The number of methoxy groups -OCH3 is 1. The molecule has 0 fully saturated rings. The molecule has 0 saturated carbocycles. The van der Waals surface area contributed by atoms with Gasteiger partial charge in [0.25, 0.3) is 11.8 Å². The van der Waals surface area contributed by atoms with Crippen LogP contribution in [0.4, 0.5) is 4.39 Å². The van der Waals surface area contributed by atoms with Gasteiger partial charge in [-0.25, -0.2) is 9.40 Å². The highest BCUT2D eigenvalue weighted by molar-refractivity contribution is 7.99. The number of thiophene rings is 1. The Morgan fingerprint density at radius 2 is 1.87 bits per heavy atom. The number of ether oxygens (including phenoxy) is 1. The summed E-state index contributed by atoms with van der Waals surface area (Å²) in [5.41, 5.74) is 3.85. The highest BCUT2D eigenvalue weighted by atomic mass is 32.2. The molecular formula is C33H29FN6O3S2. The maximum atomic E-state index is 13.8. The number of thioether (sulfide) groups is 1. The van der Waals surface area contributed by atoms with E-state index in [0.717, 1.165) is 33.2 Å². The fraction of sp³-hybridized carbons (Fsp3) is 0.182. The van der Waals surface area contributed by atoms with Crippen LogP contribution in [0.3, 0.4) is 0 Å². The first-order valence-corrected chi connectivity index (χ1v) is 16.0. The number of nitrogens with one attached hydrogen (secondary N) is 1. The Morgan fingerprint density at radius 3 is 2.60 bits per heavy atom. The second-order valence-corrected chi connectivity index (χ2v) is 12.2. The first kappa shape index (κ1) is 30.2. The van der Waals surface area contributed by atoms with Gasteiger partial charge in [0.05, 0.1) is 36.0 Å². The number of hydrazone groups is 1. The summed E-state index contributed by atoms with van der Waals surface area (Å²) < 4.78 is 20.8. The number of carbonyl (C=O) groups excluding carboxylic acids is 2. The van der Waals surface area contributed by atoms with Gasteiger partial charge >= 0.3 is 0 Å². The molecular weight excluding hydrogens is 612 g/mol. The van der Waals surface area contributed by atoms with Crippen LogP contribution in [0.1, 0.15) is 44.6 Å². The van der Waals surface area contributed by atoms with E-state index < -0.39 is 11.7 Å². The van der Waals surface area contributed by atoms with Gasteiger partial charge in [0.15, 0.2) is 11.0 Å². The van der Waals surface area contributed by atoms with Crippen LogP contribution < -0.4 is 10.1 Å². The molecule has 2 aromatic heterocycles. The average molecular weight is 641 g/mol. The Labute approximate surface area is 267 Å². The predicted octanol–water partition coefficient (Wildman–Crippen LogP) is 6.18. The number of nitrogens with zero attached hydrogens (tertiary/aromatic N) is 5. The maximum absolute atomic E-state index is 13.8. The normalized spacial score (nSPS) is 14.3. The van der Waals surface area contributed by atoms with Crippen LogP contribution >= 0.6 is 23.1 Å². The summed E-state index contributed by atoms with van der Waals surface area (Å²) >= 11 is 2.84. The van der Waals surface area contributed by atoms with E-state index >= 15 is 0 Å². The number of rotatable bonds is 10. The molecule has 9 nitrogen and oxygen atoms in total. The zero-order chi connectivity index (χ0) is 31.3. The predicted molar refractivity (Wildman–Crippen MR) is 172 cm³/mol. The Hall–Kier alpha value is -4.81. The zero-order valence-electron chi connectivity index (χ0n) is 24.5. The number of amides is 2. The smallest absolute Gasteiger partial charge is 0.253 e. The quantitative estimate of drug-likeness (QED) is 0.183. The minimum Gasteiger partial charge on any atom is -0.497 e. The second kappa shape index (κ2) is 13.4. The monoisotopic (exact) mass is 640 g/mol. The topological polar surface area (TPSA) is 102 Å². The lowest BCUT2D eigenvalue weighted by molar-refractivity contribution is -0.130.